The Morgan fingerprint density at radius 3 is 2.21 bits per heavy atom. The van der Waals surface area contributed by atoms with Crippen LogP contribution in [-0.2, 0) is 0 Å². The minimum atomic E-state index is 0.195. The Hall–Kier alpha value is -0.500. The van der Waals surface area contributed by atoms with Gasteiger partial charge in [0, 0.05) is 29.9 Å². The molecule has 1 rings (SSSR count). The quantitative estimate of drug-likeness (QED) is 0.586. The maximum absolute atomic E-state index is 4.21. The van der Waals surface area contributed by atoms with E-state index < -0.39 is 0 Å². The van der Waals surface area contributed by atoms with Crippen molar-refractivity contribution in [1.82, 2.24) is 9.80 Å². The number of hydrogen-bond donors (Lipinski definition) is 0. The highest BCUT2D eigenvalue weighted by Crippen LogP contribution is 2.28. The normalized spacial score (nSPS) is 31.0. The third-order valence-electron chi connectivity index (χ3n) is 3.39. The molecule has 0 saturated carbocycles. The van der Waals surface area contributed by atoms with Crippen LogP contribution in [0.5, 0.6) is 0 Å². The Kier molecular flexibility index (Phi) is 2.96. The Bertz CT molecular complexity index is 227. The molecule has 14 heavy (non-hydrogen) atoms. The molecule has 0 amide bonds. The molecule has 2 nitrogen and oxygen atoms in total. The molecule has 0 aromatic heterocycles. The second-order valence-electron chi connectivity index (χ2n) is 5.46. The molecule has 2 unspecified atom stereocenters. The average molecular weight is 196 g/mol. The highest BCUT2D eigenvalue weighted by Gasteiger charge is 2.34. The molecule has 0 radical (unpaired) electrons. The van der Waals surface area contributed by atoms with Gasteiger partial charge in [0.25, 0.3) is 0 Å². The third-order valence-corrected chi connectivity index (χ3v) is 3.39. The number of likely N-dealkylation sites (N-methyl/N-ethyl adjacent to an activating group) is 1. The van der Waals surface area contributed by atoms with Gasteiger partial charge in [0.05, 0.1) is 0 Å². The van der Waals surface area contributed by atoms with Crippen LogP contribution in [0, 0.1) is 0 Å². The van der Waals surface area contributed by atoms with Gasteiger partial charge >= 0.3 is 0 Å². The fourth-order valence-electron chi connectivity index (χ4n) is 2.06. The molecule has 1 aliphatic heterocycles. The van der Waals surface area contributed by atoms with Crippen molar-refractivity contribution in [3.05, 3.63) is 12.3 Å². The lowest BCUT2D eigenvalue weighted by molar-refractivity contribution is 0.0519. The molecule has 0 bridgehead atoms. The van der Waals surface area contributed by atoms with Gasteiger partial charge in [-0.3, -0.25) is 4.90 Å². The maximum atomic E-state index is 4.21. The van der Waals surface area contributed by atoms with Gasteiger partial charge in [-0.2, -0.15) is 0 Å². The molecule has 0 aromatic rings. The number of piperazine rings is 1. The predicted octanol–water partition coefficient (Wildman–Crippen LogP) is 2.32. The van der Waals surface area contributed by atoms with Gasteiger partial charge in [-0.05, 0) is 41.7 Å². The second-order valence-corrected chi connectivity index (χ2v) is 5.46. The van der Waals surface area contributed by atoms with E-state index in [9.17, 15) is 0 Å². The van der Waals surface area contributed by atoms with Gasteiger partial charge < -0.3 is 4.90 Å². The first-order valence-corrected chi connectivity index (χ1v) is 5.43. The average Bonchev–Trinajstić information content (AvgIpc) is 2.06. The number of rotatable bonds is 0. The van der Waals surface area contributed by atoms with Crippen LogP contribution in [0.2, 0.25) is 0 Å². The van der Waals surface area contributed by atoms with Gasteiger partial charge in [0.1, 0.15) is 0 Å². The van der Waals surface area contributed by atoms with Gasteiger partial charge in [-0.1, -0.05) is 6.58 Å². The van der Waals surface area contributed by atoms with E-state index in [1.165, 1.54) is 5.70 Å². The summed E-state index contributed by atoms with van der Waals surface area (Å²) in [7, 11) is 2.18. The zero-order valence-corrected chi connectivity index (χ0v) is 10.5. The lowest BCUT2D eigenvalue weighted by Crippen LogP contribution is -2.57. The third kappa shape index (κ3) is 1.95. The molecular weight excluding hydrogens is 172 g/mol. The van der Waals surface area contributed by atoms with Crippen molar-refractivity contribution in [2.75, 3.05) is 13.6 Å². The topological polar surface area (TPSA) is 6.48 Å². The first-order chi connectivity index (χ1) is 6.25. The maximum Gasteiger partial charge on any atom is 0.0463 e. The highest BCUT2D eigenvalue weighted by atomic mass is 15.3. The molecule has 82 valence electrons. The summed E-state index contributed by atoms with van der Waals surface area (Å²) in [5.74, 6) is 0. The van der Waals surface area contributed by atoms with Crippen molar-refractivity contribution in [3.8, 4) is 0 Å². The van der Waals surface area contributed by atoms with Gasteiger partial charge in [0.15, 0.2) is 0 Å². The zero-order chi connectivity index (χ0) is 11.1. The summed E-state index contributed by atoms with van der Waals surface area (Å²) in [5.41, 5.74) is 1.44. The van der Waals surface area contributed by atoms with E-state index in [1.807, 2.05) is 0 Å². The van der Waals surface area contributed by atoms with Crippen molar-refractivity contribution in [2.24, 2.45) is 0 Å². The Balaban J connectivity index is 2.86. The SMILES string of the molecule is C=C1C(C)N(C)C(C)CN1C(C)(C)C. The van der Waals surface area contributed by atoms with Gasteiger partial charge in [-0.15, -0.1) is 0 Å². The van der Waals surface area contributed by atoms with Crippen molar-refractivity contribution >= 4 is 0 Å². The van der Waals surface area contributed by atoms with E-state index in [4.69, 9.17) is 0 Å². The number of hydrogen-bond acceptors (Lipinski definition) is 2. The van der Waals surface area contributed by atoms with Crippen molar-refractivity contribution in [3.63, 3.8) is 0 Å². The Morgan fingerprint density at radius 1 is 1.29 bits per heavy atom. The van der Waals surface area contributed by atoms with Crippen LogP contribution in [0.4, 0.5) is 0 Å². The minimum absolute atomic E-state index is 0.195. The van der Waals surface area contributed by atoms with Crippen LogP contribution in [0.25, 0.3) is 0 Å². The van der Waals surface area contributed by atoms with Gasteiger partial charge in [0.2, 0.25) is 0 Å². The Labute approximate surface area is 88.6 Å². The van der Waals surface area contributed by atoms with Crippen LogP contribution in [-0.4, -0.2) is 41.0 Å². The van der Waals surface area contributed by atoms with E-state index >= 15 is 0 Å². The van der Waals surface area contributed by atoms with E-state index in [1.54, 1.807) is 0 Å². The molecule has 0 N–H and O–H groups in total. The Morgan fingerprint density at radius 2 is 1.79 bits per heavy atom. The summed E-state index contributed by atoms with van der Waals surface area (Å²) in [6.45, 7) is 16.6. The van der Waals surface area contributed by atoms with Crippen LogP contribution in [0.1, 0.15) is 34.6 Å². The van der Waals surface area contributed by atoms with Crippen LogP contribution in [0.3, 0.4) is 0 Å². The summed E-state index contributed by atoms with van der Waals surface area (Å²) in [6.07, 6.45) is 0. The molecule has 1 fully saturated rings. The monoisotopic (exact) mass is 196 g/mol. The second kappa shape index (κ2) is 3.58. The lowest BCUT2D eigenvalue weighted by atomic mass is 9.98. The van der Waals surface area contributed by atoms with E-state index in [-0.39, 0.29) is 5.54 Å². The molecule has 1 heterocycles. The smallest absolute Gasteiger partial charge is 0.0463 e. The standard InChI is InChI=1S/C12H24N2/c1-9-8-14(12(4,5)6)11(3)10(2)13(9)7/h9-10H,3,8H2,1-2,4-7H3. The summed E-state index contributed by atoms with van der Waals surface area (Å²) >= 11 is 0. The fourth-order valence-corrected chi connectivity index (χ4v) is 2.06. The molecule has 0 aromatic carbocycles. The van der Waals surface area contributed by atoms with E-state index in [0.717, 1.165) is 6.54 Å². The van der Waals surface area contributed by atoms with E-state index in [2.05, 4.69) is 58.0 Å². The molecule has 1 aliphatic rings. The minimum Gasteiger partial charge on any atom is -0.368 e. The molecule has 2 atom stereocenters. The van der Waals surface area contributed by atoms with Crippen molar-refractivity contribution < 1.29 is 0 Å². The predicted molar refractivity (Wildman–Crippen MR) is 62.3 cm³/mol. The summed E-state index contributed by atoms with van der Waals surface area (Å²) in [6, 6.07) is 1.06. The highest BCUT2D eigenvalue weighted by molar-refractivity contribution is 5.11. The fraction of sp³-hybridized carbons (Fsp3) is 0.833. The van der Waals surface area contributed by atoms with Crippen molar-refractivity contribution in [2.45, 2.75) is 52.2 Å². The first kappa shape index (κ1) is 11.6. The number of nitrogens with zero attached hydrogens (tertiary/aromatic N) is 2. The molecule has 1 saturated heterocycles. The zero-order valence-electron chi connectivity index (χ0n) is 10.5. The van der Waals surface area contributed by atoms with Gasteiger partial charge in [-0.25, -0.2) is 0 Å². The molecule has 0 spiro atoms. The molecule has 0 aliphatic carbocycles. The molecule has 2 heteroatoms. The van der Waals surface area contributed by atoms with E-state index in [0.29, 0.717) is 12.1 Å². The largest absolute Gasteiger partial charge is 0.368 e. The first-order valence-electron chi connectivity index (χ1n) is 5.43. The lowest BCUT2D eigenvalue weighted by Gasteiger charge is -2.50. The van der Waals surface area contributed by atoms with Crippen molar-refractivity contribution in [1.29, 1.82) is 0 Å². The summed E-state index contributed by atoms with van der Waals surface area (Å²) in [4.78, 5) is 4.83. The van der Waals surface area contributed by atoms with Crippen LogP contribution in [0.15, 0.2) is 12.3 Å². The molecular formula is C12H24N2. The summed E-state index contributed by atoms with van der Waals surface area (Å²) < 4.78 is 0. The van der Waals surface area contributed by atoms with Crippen LogP contribution >= 0.6 is 0 Å². The van der Waals surface area contributed by atoms with Crippen LogP contribution < -0.4 is 0 Å². The summed E-state index contributed by atoms with van der Waals surface area (Å²) in [5, 5.41) is 0.